The molecule has 0 fully saturated rings. The van der Waals surface area contributed by atoms with Gasteiger partial charge in [0.15, 0.2) is 0 Å². The molecule has 1 unspecified atom stereocenters. The van der Waals surface area contributed by atoms with Crippen molar-refractivity contribution in [3.05, 3.63) is 42.0 Å². The smallest absolute Gasteiger partial charge is 0.253 e. The Morgan fingerprint density at radius 1 is 1.02 bits per heavy atom. The zero-order chi connectivity index (χ0) is 31.0. The zero-order valence-corrected chi connectivity index (χ0v) is 24.4. The van der Waals surface area contributed by atoms with Crippen molar-refractivity contribution >= 4 is 41.6 Å². The lowest BCUT2D eigenvalue weighted by molar-refractivity contribution is -0.138. The van der Waals surface area contributed by atoms with E-state index in [1.165, 1.54) is 18.6 Å². The van der Waals surface area contributed by atoms with Gasteiger partial charge in [0.25, 0.3) is 11.8 Å². The molecule has 1 heterocycles. The second kappa shape index (κ2) is 22.7. The minimum atomic E-state index is -0.747. The lowest BCUT2D eigenvalue weighted by Gasteiger charge is -2.19. The van der Waals surface area contributed by atoms with Crippen LogP contribution in [0.4, 0.5) is 5.69 Å². The van der Waals surface area contributed by atoms with Crippen molar-refractivity contribution in [2.45, 2.75) is 52.5 Å². The number of amides is 6. The van der Waals surface area contributed by atoms with Gasteiger partial charge in [-0.2, -0.15) is 0 Å². The molecule has 1 aromatic carbocycles. The average molecular weight is 577 g/mol. The highest BCUT2D eigenvalue weighted by Crippen LogP contribution is 2.10. The van der Waals surface area contributed by atoms with Crippen molar-refractivity contribution in [1.82, 2.24) is 20.9 Å². The third-order valence-corrected chi connectivity index (χ3v) is 5.17. The number of rotatable bonds is 15. The fraction of sp³-hybridized carbons (Fsp3) is 0.500. The van der Waals surface area contributed by atoms with Crippen molar-refractivity contribution in [3.8, 4) is 0 Å². The minimum Gasteiger partial charge on any atom is -0.379 e. The summed E-state index contributed by atoms with van der Waals surface area (Å²) in [6, 6.07) is 6.60. The molecule has 1 atom stereocenters. The standard InChI is InChI=1S/C24H33N5O6.C3H8.CH3NO/c1-17-5-7-18(8-6-17)27-24(34)19(4-3-12-25-2)28-21(31)16-26-20(30)11-14-35-15-13-29-22(32)9-10-23(29)33;1-3-2;2-1-3/h5-10,19,25H,3-4,11-16H2,1-2H3,(H,26,30)(H,27,34)(H,28,31);3H2,1-2H3;1H,(H2,2,3). The molecular formula is C28H44N6O7. The molecule has 6 N–H and O–H groups in total. The summed E-state index contributed by atoms with van der Waals surface area (Å²) in [5.41, 5.74) is 5.87. The molecule has 1 aliphatic heterocycles. The summed E-state index contributed by atoms with van der Waals surface area (Å²) in [6.07, 6.45) is 5.00. The molecule has 2 rings (SSSR count). The van der Waals surface area contributed by atoms with Crippen LogP contribution >= 0.6 is 0 Å². The molecule has 13 nitrogen and oxygen atoms in total. The van der Waals surface area contributed by atoms with Crippen LogP contribution in [0.2, 0.25) is 0 Å². The Hall–Kier alpha value is -4.10. The summed E-state index contributed by atoms with van der Waals surface area (Å²) in [5, 5.41) is 11.0. The Morgan fingerprint density at radius 3 is 2.17 bits per heavy atom. The largest absolute Gasteiger partial charge is 0.379 e. The maximum Gasteiger partial charge on any atom is 0.253 e. The van der Waals surface area contributed by atoms with E-state index < -0.39 is 17.9 Å². The van der Waals surface area contributed by atoms with E-state index in [1.807, 2.05) is 26.1 Å². The molecule has 0 radical (unpaired) electrons. The van der Waals surface area contributed by atoms with Crippen LogP contribution in [0.15, 0.2) is 36.4 Å². The van der Waals surface area contributed by atoms with E-state index in [1.54, 1.807) is 12.1 Å². The molecular weight excluding hydrogens is 532 g/mol. The average Bonchev–Trinajstić information content (AvgIpc) is 3.25. The number of benzene rings is 1. The summed E-state index contributed by atoms with van der Waals surface area (Å²) in [6.45, 7) is 6.90. The molecule has 0 aromatic heterocycles. The second-order valence-corrected chi connectivity index (χ2v) is 8.86. The molecule has 0 saturated carbocycles. The fourth-order valence-electron chi connectivity index (χ4n) is 3.20. The lowest BCUT2D eigenvalue weighted by Crippen LogP contribution is -2.47. The van der Waals surface area contributed by atoms with Gasteiger partial charge in [0.05, 0.1) is 26.3 Å². The Bertz CT molecular complexity index is 980. The highest BCUT2D eigenvalue weighted by molar-refractivity contribution is 6.12. The van der Waals surface area contributed by atoms with Gasteiger partial charge < -0.3 is 31.7 Å². The molecule has 0 saturated heterocycles. The monoisotopic (exact) mass is 576 g/mol. The number of hydrogen-bond acceptors (Lipinski definition) is 8. The first-order valence-electron chi connectivity index (χ1n) is 13.5. The first-order chi connectivity index (χ1) is 19.6. The predicted molar refractivity (Wildman–Crippen MR) is 155 cm³/mol. The summed E-state index contributed by atoms with van der Waals surface area (Å²) in [7, 11) is 1.81. The number of hydrogen-bond donors (Lipinski definition) is 5. The number of carbonyl (C=O) groups excluding carboxylic acids is 6. The van der Waals surface area contributed by atoms with Crippen molar-refractivity contribution in [3.63, 3.8) is 0 Å². The third-order valence-electron chi connectivity index (χ3n) is 5.17. The number of nitrogens with two attached hydrogens (primary N) is 1. The van der Waals surface area contributed by atoms with Gasteiger partial charge in [-0.25, -0.2) is 0 Å². The van der Waals surface area contributed by atoms with Gasteiger partial charge in [0.2, 0.25) is 24.1 Å². The minimum absolute atomic E-state index is 0.00688. The maximum absolute atomic E-state index is 12.7. The predicted octanol–water partition coefficient (Wildman–Crippen LogP) is 0.384. The normalized spacial score (nSPS) is 12.3. The van der Waals surface area contributed by atoms with E-state index in [0.717, 1.165) is 10.5 Å². The highest BCUT2D eigenvalue weighted by Gasteiger charge is 2.23. The van der Waals surface area contributed by atoms with Gasteiger partial charge in [0, 0.05) is 24.3 Å². The molecule has 13 heteroatoms. The first-order valence-corrected chi connectivity index (χ1v) is 13.5. The van der Waals surface area contributed by atoms with Crippen molar-refractivity contribution in [1.29, 1.82) is 0 Å². The summed E-state index contributed by atoms with van der Waals surface area (Å²) < 4.78 is 5.29. The molecule has 41 heavy (non-hydrogen) atoms. The van der Waals surface area contributed by atoms with E-state index in [2.05, 4.69) is 40.8 Å². The van der Waals surface area contributed by atoms with Crippen LogP contribution in [-0.2, 0) is 33.5 Å². The van der Waals surface area contributed by atoms with Gasteiger partial charge in [-0.1, -0.05) is 38.0 Å². The van der Waals surface area contributed by atoms with Crippen molar-refractivity contribution in [2.24, 2.45) is 5.73 Å². The lowest BCUT2D eigenvalue weighted by atomic mass is 10.1. The number of imide groups is 1. The highest BCUT2D eigenvalue weighted by atomic mass is 16.5. The van der Waals surface area contributed by atoms with Crippen LogP contribution in [0.25, 0.3) is 0 Å². The van der Waals surface area contributed by atoms with Gasteiger partial charge >= 0.3 is 0 Å². The van der Waals surface area contributed by atoms with Crippen molar-refractivity contribution in [2.75, 3.05) is 45.2 Å². The Balaban J connectivity index is 0.00000244. The number of nitrogens with zero attached hydrogens (tertiary/aromatic N) is 1. The van der Waals surface area contributed by atoms with E-state index in [0.29, 0.717) is 25.1 Å². The summed E-state index contributed by atoms with van der Waals surface area (Å²) in [5.74, 6) is -1.99. The Morgan fingerprint density at radius 2 is 1.61 bits per heavy atom. The summed E-state index contributed by atoms with van der Waals surface area (Å²) >= 11 is 0. The second-order valence-electron chi connectivity index (χ2n) is 8.86. The van der Waals surface area contributed by atoms with Crippen LogP contribution in [0, 0.1) is 6.92 Å². The molecule has 0 bridgehead atoms. The van der Waals surface area contributed by atoms with Crippen LogP contribution in [-0.4, -0.2) is 86.8 Å². The third kappa shape index (κ3) is 17.3. The fourth-order valence-corrected chi connectivity index (χ4v) is 3.20. The number of ether oxygens (including phenoxy) is 1. The summed E-state index contributed by atoms with van der Waals surface area (Å²) in [4.78, 5) is 69.5. The SMILES string of the molecule is CCC.CNCCCC(NC(=O)CNC(=O)CCOCCN1C(=O)C=CC1=O)C(=O)Nc1ccc(C)cc1.NC=O. The Labute approximate surface area is 241 Å². The van der Waals surface area contributed by atoms with Crippen LogP contribution in [0.1, 0.15) is 45.1 Å². The van der Waals surface area contributed by atoms with Crippen molar-refractivity contribution < 1.29 is 33.5 Å². The molecule has 0 aliphatic carbocycles. The number of anilines is 1. The van der Waals surface area contributed by atoms with Crippen LogP contribution < -0.4 is 27.0 Å². The zero-order valence-electron chi connectivity index (χ0n) is 24.4. The number of primary amides is 1. The van der Waals surface area contributed by atoms with E-state index >= 15 is 0 Å². The van der Waals surface area contributed by atoms with E-state index in [-0.39, 0.29) is 56.9 Å². The van der Waals surface area contributed by atoms with Gasteiger partial charge in [-0.15, -0.1) is 0 Å². The maximum atomic E-state index is 12.7. The van der Waals surface area contributed by atoms with Gasteiger partial charge in [-0.05, 0) is 45.5 Å². The first kappa shape index (κ1) is 36.9. The molecule has 1 aromatic rings. The van der Waals surface area contributed by atoms with E-state index in [9.17, 15) is 24.0 Å². The van der Waals surface area contributed by atoms with Gasteiger partial charge in [0.1, 0.15) is 6.04 Å². The quantitative estimate of drug-likeness (QED) is 0.113. The van der Waals surface area contributed by atoms with Crippen LogP contribution in [0.3, 0.4) is 0 Å². The van der Waals surface area contributed by atoms with Gasteiger partial charge in [-0.3, -0.25) is 33.7 Å². The number of aryl methyl sites for hydroxylation is 1. The van der Waals surface area contributed by atoms with Crippen LogP contribution in [0.5, 0.6) is 0 Å². The number of carbonyl (C=O) groups is 6. The Kier molecular flexibility index (Phi) is 20.4. The molecule has 228 valence electrons. The topological polar surface area (TPSA) is 189 Å². The molecule has 6 amide bonds. The van der Waals surface area contributed by atoms with E-state index in [4.69, 9.17) is 9.53 Å². The molecule has 1 aliphatic rings. The molecule has 0 spiro atoms. The number of nitrogens with one attached hydrogen (secondary N) is 4.